The van der Waals surface area contributed by atoms with E-state index in [4.69, 9.17) is 5.73 Å². The minimum Gasteiger partial charge on any atom is -0.353 e. The molecule has 0 saturated carbocycles. The van der Waals surface area contributed by atoms with E-state index in [0.717, 1.165) is 6.07 Å². The van der Waals surface area contributed by atoms with Gasteiger partial charge in [-0.3, -0.25) is 0 Å². The summed E-state index contributed by atoms with van der Waals surface area (Å²) in [6.07, 6.45) is -2.77. The molecule has 2 rings (SSSR count). The molecule has 1 heterocycles. The Labute approximate surface area is 120 Å². The van der Waals surface area contributed by atoms with Crippen LogP contribution in [0.1, 0.15) is 16.8 Å². The highest BCUT2D eigenvalue weighted by atomic mass is 19.4. The van der Waals surface area contributed by atoms with E-state index in [2.05, 4.69) is 15.3 Å². The number of halogens is 3. The second-order valence-electron chi connectivity index (χ2n) is 4.42. The molecule has 0 aliphatic rings. The normalized spacial score (nSPS) is 11.4. The van der Waals surface area contributed by atoms with Crippen molar-refractivity contribution in [3.05, 3.63) is 53.3 Å². The molecule has 0 aliphatic carbocycles. The van der Waals surface area contributed by atoms with Crippen LogP contribution in [0.15, 0.2) is 36.5 Å². The Bertz CT molecular complexity index is 599. The Morgan fingerprint density at radius 2 is 1.90 bits per heavy atom. The standard InChI is InChI=1S/C14H15F3N4/c15-14(16,17)12-4-2-1-3-10(12)9-11-5-7-19-13(21-11)20-8-6-18/h1-5,7H,6,8-9,18H2,(H,19,20,21). The molecule has 1 aromatic carbocycles. The molecule has 0 aliphatic heterocycles. The van der Waals surface area contributed by atoms with Crippen LogP contribution in [0.4, 0.5) is 19.1 Å². The van der Waals surface area contributed by atoms with Crippen LogP contribution in [0, 0.1) is 0 Å². The van der Waals surface area contributed by atoms with Crippen LogP contribution in [-0.4, -0.2) is 23.1 Å². The predicted octanol–water partition coefficient (Wildman–Crippen LogP) is 2.46. The summed E-state index contributed by atoms with van der Waals surface area (Å²) in [6.45, 7) is 0.924. The molecular formula is C14H15F3N4. The fourth-order valence-electron chi connectivity index (χ4n) is 1.91. The fraction of sp³-hybridized carbons (Fsp3) is 0.286. The van der Waals surface area contributed by atoms with Gasteiger partial charge in [0.25, 0.3) is 0 Å². The van der Waals surface area contributed by atoms with Gasteiger partial charge in [0, 0.05) is 25.7 Å². The zero-order chi connectivity index (χ0) is 15.3. The number of rotatable bonds is 5. The number of nitrogens with zero attached hydrogens (tertiary/aromatic N) is 2. The van der Waals surface area contributed by atoms with Gasteiger partial charge in [0.15, 0.2) is 0 Å². The molecule has 21 heavy (non-hydrogen) atoms. The summed E-state index contributed by atoms with van der Waals surface area (Å²) in [5.74, 6) is 0.363. The van der Waals surface area contributed by atoms with E-state index >= 15 is 0 Å². The van der Waals surface area contributed by atoms with Gasteiger partial charge in [0.05, 0.1) is 11.3 Å². The first kappa shape index (κ1) is 15.2. The third kappa shape index (κ3) is 4.16. The van der Waals surface area contributed by atoms with Crippen molar-refractivity contribution in [2.24, 2.45) is 5.73 Å². The average Bonchev–Trinajstić information content (AvgIpc) is 2.45. The third-order valence-electron chi connectivity index (χ3n) is 2.84. The lowest BCUT2D eigenvalue weighted by atomic mass is 10.0. The molecule has 0 amide bonds. The summed E-state index contributed by atoms with van der Waals surface area (Å²) in [5.41, 5.74) is 5.43. The molecule has 1 aromatic heterocycles. The number of anilines is 1. The van der Waals surface area contributed by atoms with Crippen molar-refractivity contribution in [1.29, 1.82) is 0 Å². The smallest absolute Gasteiger partial charge is 0.353 e. The first-order valence-electron chi connectivity index (χ1n) is 6.41. The van der Waals surface area contributed by atoms with E-state index in [1.807, 2.05) is 0 Å². The SMILES string of the molecule is NCCNc1nccc(Cc2ccccc2C(F)(F)F)n1. The van der Waals surface area contributed by atoms with Crippen molar-refractivity contribution < 1.29 is 13.2 Å². The second kappa shape index (κ2) is 6.53. The number of nitrogens with one attached hydrogen (secondary N) is 1. The Morgan fingerprint density at radius 3 is 2.62 bits per heavy atom. The van der Waals surface area contributed by atoms with Crippen molar-refractivity contribution in [3.63, 3.8) is 0 Å². The molecule has 7 heteroatoms. The Balaban J connectivity index is 2.23. The fourth-order valence-corrected chi connectivity index (χ4v) is 1.91. The maximum absolute atomic E-state index is 12.9. The van der Waals surface area contributed by atoms with Crippen molar-refractivity contribution in [2.75, 3.05) is 18.4 Å². The van der Waals surface area contributed by atoms with Gasteiger partial charge in [-0.05, 0) is 17.7 Å². The minimum atomic E-state index is -4.37. The molecule has 0 atom stereocenters. The summed E-state index contributed by atoms with van der Waals surface area (Å²) >= 11 is 0. The van der Waals surface area contributed by atoms with Crippen LogP contribution in [0.2, 0.25) is 0 Å². The van der Waals surface area contributed by atoms with Crippen molar-refractivity contribution in [2.45, 2.75) is 12.6 Å². The molecule has 0 spiro atoms. The van der Waals surface area contributed by atoms with E-state index < -0.39 is 11.7 Å². The number of benzene rings is 1. The number of alkyl halides is 3. The zero-order valence-corrected chi connectivity index (χ0v) is 11.2. The zero-order valence-electron chi connectivity index (χ0n) is 11.2. The van der Waals surface area contributed by atoms with Crippen LogP contribution in [0.5, 0.6) is 0 Å². The molecule has 112 valence electrons. The van der Waals surface area contributed by atoms with E-state index in [9.17, 15) is 13.2 Å². The van der Waals surface area contributed by atoms with Gasteiger partial charge >= 0.3 is 6.18 Å². The minimum absolute atomic E-state index is 0.0928. The molecule has 2 aromatic rings. The lowest BCUT2D eigenvalue weighted by Gasteiger charge is -2.12. The Hall–Kier alpha value is -2.15. The monoisotopic (exact) mass is 296 g/mol. The lowest BCUT2D eigenvalue weighted by Crippen LogP contribution is -2.15. The van der Waals surface area contributed by atoms with Gasteiger partial charge in [-0.25, -0.2) is 9.97 Å². The van der Waals surface area contributed by atoms with Gasteiger partial charge in [-0.1, -0.05) is 18.2 Å². The van der Waals surface area contributed by atoms with Crippen LogP contribution in [0.25, 0.3) is 0 Å². The molecular weight excluding hydrogens is 281 g/mol. The first-order chi connectivity index (χ1) is 10.0. The van der Waals surface area contributed by atoms with Gasteiger partial charge in [0.1, 0.15) is 0 Å². The highest BCUT2D eigenvalue weighted by Gasteiger charge is 2.32. The van der Waals surface area contributed by atoms with E-state index in [0.29, 0.717) is 24.7 Å². The first-order valence-corrected chi connectivity index (χ1v) is 6.41. The molecule has 0 unspecified atom stereocenters. The Kier molecular flexibility index (Phi) is 4.74. The number of aromatic nitrogens is 2. The quantitative estimate of drug-likeness (QED) is 0.889. The van der Waals surface area contributed by atoms with Crippen LogP contribution >= 0.6 is 0 Å². The maximum atomic E-state index is 12.9. The highest BCUT2D eigenvalue weighted by molar-refractivity contribution is 5.34. The summed E-state index contributed by atoms with van der Waals surface area (Å²) < 4.78 is 38.8. The molecule has 3 N–H and O–H groups in total. The molecule has 0 saturated heterocycles. The van der Waals surface area contributed by atoms with Crippen LogP contribution in [0.3, 0.4) is 0 Å². The topological polar surface area (TPSA) is 63.8 Å². The number of hydrogen-bond acceptors (Lipinski definition) is 4. The van der Waals surface area contributed by atoms with Crippen molar-refractivity contribution in [3.8, 4) is 0 Å². The second-order valence-corrected chi connectivity index (χ2v) is 4.42. The van der Waals surface area contributed by atoms with Gasteiger partial charge in [0.2, 0.25) is 5.95 Å². The lowest BCUT2D eigenvalue weighted by molar-refractivity contribution is -0.138. The Morgan fingerprint density at radius 1 is 1.14 bits per heavy atom. The van der Waals surface area contributed by atoms with Gasteiger partial charge < -0.3 is 11.1 Å². The summed E-state index contributed by atoms with van der Waals surface area (Å²) in [4.78, 5) is 8.17. The van der Waals surface area contributed by atoms with Crippen molar-refractivity contribution in [1.82, 2.24) is 9.97 Å². The van der Waals surface area contributed by atoms with Crippen LogP contribution in [-0.2, 0) is 12.6 Å². The van der Waals surface area contributed by atoms with E-state index in [1.165, 1.54) is 18.3 Å². The molecule has 0 fully saturated rings. The molecule has 0 radical (unpaired) electrons. The van der Waals surface area contributed by atoms with Crippen LogP contribution < -0.4 is 11.1 Å². The van der Waals surface area contributed by atoms with Gasteiger partial charge in [-0.2, -0.15) is 13.2 Å². The third-order valence-corrected chi connectivity index (χ3v) is 2.84. The highest BCUT2D eigenvalue weighted by Crippen LogP contribution is 2.32. The predicted molar refractivity (Wildman–Crippen MR) is 73.8 cm³/mol. The number of hydrogen-bond donors (Lipinski definition) is 2. The summed E-state index contributed by atoms with van der Waals surface area (Å²) in [5, 5.41) is 2.90. The van der Waals surface area contributed by atoms with Crippen molar-refractivity contribution >= 4 is 5.95 Å². The largest absolute Gasteiger partial charge is 0.416 e. The maximum Gasteiger partial charge on any atom is 0.416 e. The number of nitrogens with two attached hydrogens (primary N) is 1. The molecule has 4 nitrogen and oxygen atoms in total. The van der Waals surface area contributed by atoms with E-state index in [-0.39, 0.29) is 12.0 Å². The van der Waals surface area contributed by atoms with Gasteiger partial charge in [-0.15, -0.1) is 0 Å². The summed E-state index contributed by atoms with van der Waals surface area (Å²) in [6, 6.07) is 7.09. The molecule has 0 bridgehead atoms. The average molecular weight is 296 g/mol. The van der Waals surface area contributed by atoms with E-state index in [1.54, 1.807) is 12.1 Å². The summed E-state index contributed by atoms with van der Waals surface area (Å²) in [7, 11) is 0.